The fourth-order valence-electron chi connectivity index (χ4n) is 3.22. The number of anilines is 1. The predicted octanol–water partition coefficient (Wildman–Crippen LogP) is 4.52. The van der Waals surface area contributed by atoms with Gasteiger partial charge < -0.3 is 9.64 Å². The van der Waals surface area contributed by atoms with E-state index in [1.807, 2.05) is 58.8 Å². The molecule has 0 radical (unpaired) electrons. The third-order valence-electron chi connectivity index (χ3n) is 4.53. The van der Waals surface area contributed by atoms with Gasteiger partial charge in [-0.1, -0.05) is 30.3 Å². The van der Waals surface area contributed by atoms with Crippen molar-refractivity contribution in [3.05, 3.63) is 59.7 Å². The number of benzene rings is 2. The Hall–Kier alpha value is -1.59. The van der Waals surface area contributed by atoms with Crippen LogP contribution in [0.2, 0.25) is 0 Å². The number of hydrogen-bond acceptors (Lipinski definition) is 4. The van der Waals surface area contributed by atoms with Crippen molar-refractivity contribution < 1.29 is 9.53 Å². The second-order valence-electron chi connectivity index (χ2n) is 6.21. The number of amides is 1. The molecule has 1 amide bonds. The molecular formula is C20H21NO2S2. The van der Waals surface area contributed by atoms with Crippen molar-refractivity contribution in [3.8, 4) is 5.75 Å². The average Bonchev–Trinajstić information content (AvgIpc) is 3.11. The summed E-state index contributed by atoms with van der Waals surface area (Å²) >= 11 is 4.02. The van der Waals surface area contributed by atoms with E-state index in [1.165, 1.54) is 29.1 Å². The number of ether oxygens (including phenoxy) is 1. The maximum absolute atomic E-state index is 12.5. The molecule has 2 aromatic carbocycles. The highest BCUT2D eigenvalue weighted by Gasteiger charge is 2.24. The van der Waals surface area contributed by atoms with E-state index >= 15 is 0 Å². The van der Waals surface area contributed by atoms with Gasteiger partial charge in [0.05, 0.1) is 4.58 Å². The molecule has 2 aliphatic rings. The van der Waals surface area contributed by atoms with Gasteiger partial charge in [-0.15, -0.1) is 23.5 Å². The van der Waals surface area contributed by atoms with Crippen molar-refractivity contribution in [2.45, 2.75) is 17.4 Å². The van der Waals surface area contributed by atoms with Crippen LogP contribution in [0.3, 0.4) is 0 Å². The second-order valence-corrected chi connectivity index (χ2v) is 8.93. The zero-order valence-corrected chi connectivity index (χ0v) is 15.7. The standard InChI is InChI=1S/C20H21NO2S2/c22-19(21-11-10-15-4-1-2-5-18(15)21)14-23-17-8-6-16(7-9-17)20-24-12-3-13-25-20/h1-2,4-9,20H,3,10-14H2. The molecule has 0 spiro atoms. The average molecular weight is 372 g/mol. The van der Waals surface area contributed by atoms with E-state index in [9.17, 15) is 4.79 Å². The Kier molecular flexibility index (Phi) is 5.22. The molecule has 2 heterocycles. The van der Waals surface area contributed by atoms with Crippen LogP contribution in [-0.4, -0.2) is 30.6 Å². The Balaban J connectivity index is 1.34. The van der Waals surface area contributed by atoms with Crippen molar-refractivity contribution >= 4 is 35.1 Å². The van der Waals surface area contributed by atoms with Crippen LogP contribution in [0.1, 0.15) is 22.1 Å². The summed E-state index contributed by atoms with van der Waals surface area (Å²) in [6, 6.07) is 16.3. The van der Waals surface area contributed by atoms with Crippen LogP contribution in [0.15, 0.2) is 48.5 Å². The molecule has 0 unspecified atom stereocenters. The molecule has 1 saturated heterocycles. The molecule has 130 valence electrons. The molecule has 5 heteroatoms. The minimum atomic E-state index is 0.0208. The van der Waals surface area contributed by atoms with Gasteiger partial charge in [0.1, 0.15) is 5.75 Å². The Labute approximate surface area is 157 Å². The summed E-state index contributed by atoms with van der Waals surface area (Å²) in [6.45, 7) is 0.831. The topological polar surface area (TPSA) is 29.5 Å². The highest BCUT2D eigenvalue weighted by Crippen LogP contribution is 2.43. The molecule has 2 aromatic rings. The zero-order valence-electron chi connectivity index (χ0n) is 14.0. The molecular weight excluding hydrogens is 350 g/mol. The monoisotopic (exact) mass is 371 g/mol. The number of hydrogen-bond donors (Lipinski definition) is 0. The number of fused-ring (bicyclic) bond motifs is 1. The van der Waals surface area contributed by atoms with E-state index in [0.717, 1.165) is 24.4 Å². The van der Waals surface area contributed by atoms with Gasteiger partial charge in [-0.2, -0.15) is 0 Å². The molecule has 2 aliphatic heterocycles. The van der Waals surface area contributed by atoms with E-state index in [0.29, 0.717) is 4.58 Å². The van der Waals surface area contributed by atoms with Crippen molar-refractivity contribution in [1.29, 1.82) is 0 Å². The van der Waals surface area contributed by atoms with Gasteiger partial charge in [0.25, 0.3) is 5.91 Å². The summed E-state index contributed by atoms with van der Waals surface area (Å²) < 4.78 is 6.27. The SMILES string of the molecule is O=C(COc1ccc(C2SCCCS2)cc1)N1CCc2ccccc21. The van der Waals surface area contributed by atoms with Crippen LogP contribution in [0.25, 0.3) is 0 Å². The molecule has 3 nitrogen and oxygen atoms in total. The summed E-state index contributed by atoms with van der Waals surface area (Å²) in [6.07, 6.45) is 2.22. The van der Waals surface area contributed by atoms with Gasteiger partial charge in [-0.05, 0) is 53.7 Å². The van der Waals surface area contributed by atoms with Crippen LogP contribution < -0.4 is 9.64 Å². The number of carbonyl (C=O) groups excluding carboxylic acids is 1. The molecule has 0 saturated carbocycles. The first kappa shape index (κ1) is 16.9. The van der Waals surface area contributed by atoms with E-state index in [1.54, 1.807) is 0 Å². The van der Waals surface area contributed by atoms with Gasteiger partial charge in [-0.25, -0.2) is 0 Å². The number of carbonyl (C=O) groups is 1. The molecule has 0 aliphatic carbocycles. The van der Waals surface area contributed by atoms with Crippen LogP contribution in [0, 0.1) is 0 Å². The maximum atomic E-state index is 12.5. The molecule has 0 N–H and O–H groups in total. The molecule has 0 aromatic heterocycles. The number of thioether (sulfide) groups is 2. The number of rotatable bonds is 4. The minimum absolute atomic E-state index is 0.0208. The minimum Gasteiger partial charge on any atom is -0.484 e. The first-order valence-electron chi connectivity index (χ1n) is 8.65. The molecule has 0 atom stereocenters. The normalized spacial score (nSPS) is 17.4. The van der Waals surface area contributed by atoms with E-state index in [4.69, 9.17) is 4.74 Å². The summed E-state index contributed by atoms with van der Waals surface area (Å²) in [5, 5.41) is 0. The third kappa shape index (κ3) is 3.82. The van der Waals surface area contributed by atoms with Crippen LogP contribution in [-0.2, 0) is 11.2 Å². The fourth-order valence-corrected chi connectivity index (χ4v) is 6.12. The highest BCUT2D eigenvalue weighted by molar-refractivity contribution is 8.16. The van der Waals surface area contributed by atoms with E-state index < -0.39 is 0 Å². The Morgan fingerprint density at radius 2 is 1.84 bits per heavy atom. The first-order valence-corrected chi connectivity index (χ1v) is 10.8. The molecule has 1 fully saturated rings. The summed E-state index contributed by atoms with van der Waals surface area (Å²) in [5.41, 5.74) is 3.60. The van der Waals surface area contributed by atoms with E-state index in [-0.39, 0.29) is 12.5 Å². The highest BCUT2D eigenvalue weighted by atomic mass is 32.2. The van der Waals surface area contributed by atoms with Gasteiger partial charge in [0, 0.05) is 12.2 Å². The van der Waals surface area contributed by atoms with Crippen LogP contribution in [0.4, 0.5) is 5.69 Å². The first-order chi connectivity index (χ1) is 12.3. The van der Waals surface area contributed by atoms with Gasteiger partial charge in [-0.3, -0.25) is 4.79 Å². The summed E-state index contributed by atoms with van der Waals surface area (Å²) in [5.74, 6) is 3.26. The van der Waals surface area contributed by atoms with Crippen molar-refractivity contribution in [1.82, 2.24) is 0 Å². The Bertz CT molecular complexity index is 742. The van der Waals surface area contributed by atoms with Gasteiger partial charge >= 0.3 is 0 Å². The number of nitrogens with zero attached hydrogens (tertiary/aromatic N) is 1. The van der Waals surface area contributed by atoms with Crippen molar-refractivity contribution in [2.24, 2.45) is 0 Å². The lowest BCUT2D eigenvalue weighted by atomic mass is 10.2. The van der Waals surface area contributed by atoms with Gasteiger partial charge in [0.2, 0.25) is 0 Å². The van der Waals surface area contributed by atoms with Gasteiger partial charge in [0.15, 0.2) is 6.61 Å². The lowest BCUT2D eigenvalue weighted by Crippen LogP contribution is -2.33. The van der Waals surface area contributed by atoms with Crippen LogP contribution >= 0.6 is 23.5 Å². The molecule has 25 heavy (non-hydrogen) atoms. The molecule has 0 bridgehead atoms. The third-order valence-corrected chi connectivity index (χ3v) is 7.54. The lowest BCUT2D eigenvalue weighted by molar-refractivity contribution is -0.120. The maximum Gasteiger partial charge on any atom is 0.264 e. The van der Waals surface area contributed by atoms with Crippen molar-refractivity contribution in [3.63, 3.8) is 0 Å². The van der Waals surface area contributed by atoms with Crippen LogP contribution in [0.5, 0.6) is 5.75 Å². The van der Waals surface area contributed by atoms with Crippen molar-refractivity contribution in [2.75, 3.05) is 29.6 Å². The number of para-hydroxylation sites is 1. The fraction of sp³-hybridized carbons (Fsp3) is 0.350. The zero-order chi connectivity index (χ0) is 17.1. The predicted molar refractivity (Wildman–Crippen MR) is 107 cm³/mol. The summed E-state index contributed by atoms with van der Waals surface area (Å²) in [7, 11) is 0. The molecule has 4 rings (SSSR count). The second kappa shape index (κ2) is 7.75. The van der Waals surface area contributed by atoms with E-state index in [2.05, 4.69) is 18.2 Å². The Morgan fingerprint density at radius 1 is 1.08 bits per heavy atom. The largest absolute Gasteiger partial charge is 0.484 e. The lowest BCUT2D eigenvalue weighted by Gasteiger charge is -2.21. The smallest absolute Gasteiger partial charge is 0.264 e. The Morgan fingerprint density at radius 3 is 2.64 bits per heavy atom. The summed E-state index contributed by atoms with van der Waals surface area (Å²) in [4.78, 5) is 14.3. The quantitative estimate of drug-likeness (QED) is 0.790.